The molecule has 20 heavy (non-hydrogen) atoms. The molecule has 0 atom stereocenters. The van der Waals surface area contributed by atoms with Crippen molar-refractivity contribution in [1.29, 1.82) is 0 Å². The van der Waals surface area contributed by atoms with Gasteiger partial charge in [-0.15, -0.1) is 0 Å². The summed E-state index contributed by atoms with van der Waals surface area (Å²) in [6, 6.07) is 13.7. The van der Waals surface area contributed by atoms with Crippen LogP contribution in [0, 0.1) is 0 Å². The van der Waals surface area contributed by atoms with E-state index in [9.17, 15) is 0 Å². The minimum Gasteiger partial charge on any atom is -0.497 e. The van der Waals surface area contributed by atoms with Gasteiger partial charge in [-0.3, -0.25) is 0 Å². The van der Waals surface area contributed by atoms with E-state index in [1.165, 1.54) is 0 Å². The quantitative estimate of drug-likeness (QED) is 0.849. The van der Waals surface area contributed by atoms with Crippen LogP contribution in [0.3, 0.4) is 0 Å². The van der Waals surface area contributed by atoms with Gasteiger partial charge in [-0.2, -0.15) is 0 Å². The topological polar surface area (TPSA) is 38.5 Å². The first-order valence-corrected chi connectivity index (χ1v) is 7.20. The molecule has 0 radical (unpaired) electrons. The van der Waals surface area contributed by atoms with E-state index >= 15 is 0 Å². The highest BCUT2D eigenvalue weighted by molar-refractivity contribution is 9.10. The van der Waals surface area contributed by atoms with Gasteiger partial charge in [-0.05, 0) is 42.5 Å². The van der Waals surface area contributed by atoms with Gasteiger partial charge in [0.2, 0.25) is 0 Å². The summed E-state index contributed by atoms with van der Waals surface area (Å²) in [5.41, 5.74) is 8.63. The maximum absolute atomic E-state index is 5.80. The van der Waals surface area contributed by atoms with E-state index in [4.69, 9.17) is 22.7 Å². The molecular formula is C15H15BrN2OS. The molecule has 2 aromatic carbocycles. The minimum absolute atomic E-state index is 0.382. The summed E-state index contributed by atoms with van der Waals surface area (Å²) < 4.78 is 6.15. The van der Waals surface area contributed by atoms with Crippen molar-refractivity contribution in [3.63, 3.8) is 0 Å². The molecule has 0 unspecified atom stereocenters. The molecule has 0 spiro atoms. The van der Waals surface area contributed by atoms with E-state index in [1.807, 2.05) is 54.4 Å². The predicted molar refractivity (Wildman–Crippen MR) is 91.1 cm³/mol. The summed E-state index contributed by atoms with van der Waals surface area (Å²) in [7, 11) is 3.63. The Labute approximate surface area is 132 Å². The third kappa shape index (κ3) is 3.11. The van der Waals surface area contributed by atoms with Crippen molar-refractivity contribution in [3.05, 3.63) is 52.5 Å². The van der Waals surface area contributed by atoms with E-state index < -0.39 is 0 Å². The van der Waals surface area contributed by atoms with Gasteiger partial charge in [-0.1, -0.05) is 28.1 Å². The number of thiocarbonyl (C=S) groups is 1. The molecule has 2 aromatic rings. The smallest absolute Gasteiger partial charge is 0.119 e. The maximum atomic E-state index is 5.80. The lowest BCUT2D eigenvalue weighted by Crippen LogP contribution is -2.17. The number of nitrogens with zero attached hydrogens (tertiary/aromatic N) is 1. The van der Waals surface area contributed by atoms with Crippen LogP contribution < -0.4 is 15.4 Å². The van der Waals surface area contributed by atoms with Crippen LogP contribution in [-0.4, -0.2) is 19.1 Å². The van der Waals surface area contributed by atoms with Crippen molar-refractivity contribution >= 4 is 44.5 Å². The first kappa shape index (κ1) is 14.8. The molecule has 0 heterocycles. The van der Waals surface area contributed by atoms with Gasteiger partial charge in [-0.25, -0.2) is 0 Å². The summed E-state index contributed by atoms with van der Waals surface area (Å²) in [6.45, 7) is 0. The molecule has 0 fully saturated rings. The van der Waals surface area contributed by atoms with Gasteiger partial charge in [0.05, 0.1) is 12.8 Å². The highest BCUT2D eigenvalue weighted by atomic mass is 79.9. The van der Waals surface area contributed by atoms with Gasteiger partial charge in [0.15, 0.2) is 0 Å². The zero-order valence-corrected chi connectivity index (χ0v) is 13.7. The average molecular weight is 351 g/mol. The number of benzene rings is 2. The van der Waals surface area contributed by atoms with Crippen molar-refractivity contribution in [1.82, 2.24) is 0 Å². The van der Waals surface area contributed by atoms with Crippen LogP contribution in [-0.2, 0) is 0 Å². The summed E-state index contributed by atoms with van der Waals surface area (Å²) in [4.78, 5) is 2.42. The Morgan fingerprint density at radius 3 is 2.40 bits per heavy atom. The molecule has 0 aliphatic carbocycles. The molecule has 0 saturated heterocycles. The SMILES string of the molecule is COc1ccc(N(C)c2cc(Br)ccc2C(N)=S)cc1. The fraction of sp³-hybridized carbons (Fsp3) is 0.133. The zero-order chi connectivity index (χ0) is 14.7. The fourth-order valence-corrected chi connectivity index (χ4v) is 2.46. The largest absolute Gasteiger partial charge is 0.497 e. The number of rotatable bonds is 4. The molecule has 0 saturated carbocycles. The molecule has 0 aliphatic heterocycles. The second-order valence-electron chi connectivity index (χ2n) is 4.28. The average Bonchev–Trinajstić information content (AvgIpc) is 2.46. The number of anilines is 2. The number of ether oxygens (including phenoxy) is 1. The number of hydrogen-bond acceptors (Lipinski definition) is 3. The Morgan fingerprint density at radius 1 is 1.20 bits per heavy atom. The number of halogens is 1. The monoisotopic (exact) mass is 350 g/mol. The van der Waals surface area contributed by atoms with Gasteiger partial charge in [0, 0.05) is 22.8 Å². The number of methoxy groups -OCH3 is 1. The Hall–Kier alpha value is -1.59. The Morgan fingerprint density at radius 2 is 1.85 bits per heavy atom. The van der Waals surface area contributed by atoms with Gasteiger partial charge in [0.25, 0.3) is 0 Å². The molecule has 0 aliphatic rings. The summed E-state index contributed by atoms with van der Waals surface area (Å²) in [6.07, 6.45) is 0. The van der Waals surface area contributed by atoms with Gasteiger partial charge >= 0.3 is 0 Å². The summed E-state index contributed by atoms with van der Waals surface area (Å²) in [5, 5.41) is 0. The molecule has 0 aromatic heterocycles. The van der Waals surface area contributed by atoms with Gasteiger partial charge < -0.3 is 15.4 Å². The van der Waals surface area contributed by atoms with Crippen LogP contribution in [0.4, 0.5) is 11.4 Å². The van der Waals surface area contributed by atoms with Crippen LogP contribution in [0.1, 0.15) is 5.56 Å². The fourth-order valence-electron chi connectivity index (χ4n) is 1.94. The Kier molecular flexibility index (Phi) is 4.62. The molecule has 2 rings (SSSR count). The standard InChI is InChI=1S/C15H15BrN2OS/c1-18(11-4-6-12(19-2)7-5-11)14-9-10(16)3-8-13(14)15(17)20/h3-9H,1-2H3,(H2,17,20). The van der Waals surface area contributed by atoms with Gasteiger partial charge in [0.1, 0.15) is 10.7 Å². The lowest BCUT2D eigenvalue weighted by Gasteiger charge is -2.23. The van der Waals surface area contributed by atoms with Crippen LogP contribution in [0.15, 0.2) is 46.9 Å². The Balaban J connectivity index is 2.43. The first-order valence-electron chi connectivity index (χ1n) is 6.00. The summed E-state index contributed by atoms with van der Waals surface area (Å²) >= 11 is 8.60. The molecule has 0 bridgehead atoms. The minimum atomic E-state index is 0.382. The molecule has 0 amide bonds. The molecule has 104 valence electrons. The Bertz CT molecular complexity index is 628. The van der Waals surface area contributed by atoms with E-state index in [2.05, 4.69) is 15.9 Å². The number of nitrogens with two attached hydrogens (primary N) is 1. The van der Waals surface area contributed by atoms with E-state index in [0.717, 1.165) is 27.2 Å². The lowest BCUT2D eigenvalue weighted by atomic mass is 10.1. The highest BCUT2D eigenvalue weighted by Gasteiger charge is 2.12. The lowest BCUT2D eigenvalue weighted by molar-refractivity contribution is 0.415. The zero-order valence-electron chi connectivity index (χ0n) is 11.3. The summed E-state index contributed by atoms with van der Waals surface area (Å²) in [5.74, 6) is 0.825. The first-order chi connectivity index (χ1) is 9.52. The highest BCUT2D eigenvalue weighted by Crippen LogP contribution is 2.30. The second kappa shape index (κ2) is 6.24. The van der Waals surface area contributed by atoms with Crippen LogP contribution in [0.2, 0.25) is 0 Å². The van der Waals surface area contributed by atoms with Crippen molar-refractivity contribution in [2.45, 2.75) is 0 Å². The third-order valence-corrected chi connectivity index (χ3v) is 3.76. The van der Waals surface area contributed by atoms with Crippen LogP contribution in [0.5, 0.6) is 5.75 Å². The van der Waals surface area contributed by atoms with E-state index in [1.54, 1.807) is 7.11 Å². The number of hydrogen-bond donors (Lipinski definition) is 1. The van der Waals surface area contributed by atoms with Crippen LogP contribution in [0.25, 0.3) is 0 Å². The van der Waals surface area contributed by atoms with Crippen molar-refractivity contribution in [2.24, 2.45) is 5.73 Å². The van der Waals surface area contributed by atoms with Crippen molar-refractivity contribution in [3.8, 4) is 5.75 Å². The van der Waals surface area contributed by atoms with Crippen molar-refractivity contribution < 1.29 is 4.74 Å². The third-order valence-electron chi connectivity index (χ3n) is 3.05. The van der Waals surface area contributed by atoms with E-state index in [0.29, 0.717) is 4.99 Å². The van der Waals surface area contributed by atoms with Crippen LogP contribution >= 0.6 is 28.1 Å². The van der Waals surface area contributed by atoms with Crippen molar-refractivity contribution in [2.75, 3.05) is 19.1 Å². The van der Waals surface area contributed by atoms with E-state index in [-0.39, 0.29) is 0 Å². The molecule has 2 N–H and O–H groups in total. The predicted octanol–water partition coefficient (Wildman–Crippen LogP) is 3.86. The second-order valence-corrected chi connectivity index (χ2v) is 5.64. The molecule has 3 nitrogen and oxygen atoms in total. The molecular weight excluding hydrogens is 336 g/mol. The normalized spacial score (nSPS) is 10.2. The maximum Gasteiger partial charge on any atom is 0.119 e. The molecule has 5 heteroatoms.